The third-order valence-corrected chi connectivity index (χ3v) is 15.6. The molecular formula is C64H126N2O6P+. The molecule has 3 atom stereocenters. The van der Waals surface area contributed by atoms with Gasteiger partial charge in [-0.1, -0.05) is 288 Å². The molecule has 8 nitrogen and oxygen atoms in total. The van der Waals surface area contributed by atoms with Gasteiger partial charge in [-0.25, -0.2) is 4.57 Å². The number of hydrogen-bond donors (Lipinski definition) is 3. The number of likely N-dealkylation sites (N-methyl/N-ethyl adjacent to an activating group) is 1. The van der Waals surface area contributed by atoms with Crippen LogP contribution in [0.2, 0.25) is 0 Å². The van der Waals surface area contributed by atoms with E-state index < -0.39 is 20.0 Å². The first-order valence-corrected chi connectivity index (χ1v) is 33.4. The van der Waals surface area contributed by atoms with Crippen molar-refractivity contribution in [1.29, 1.82) is 0 Å². The van der Waals surface area contributed by atoms with E-state index in [0.717, 1.165) is 38.5 Å². The standard InChI is InChI=1S/C64H125N2O6P/c1-6-8-10-12-14-16-18-20-22-24-26-28-29-30-31-32-33-34-35-36-38-40-42-44-46-48-50-52-54-56-58-64(68)65-62(61-72-73(69,70)71-60-59-66(3,4)5)63(67)57-55-53-51-49-47-45-43-41-39-37-27-25-23-21-19-17-15-13-11-9-7-2/h30-31,47,49,55,57,62-63,67H,6-29,32-46,48,50-54,56,58-61H2,1-5H3,(H-,65,68,69,70)/p+1/b31-30-,49-47+,57-55+. The second kappa shape index (κ2) is 55.5. The van der Waals surface area contributed by atoms with Crippen molar-refractivity contribution in [2.24, 2.45) is 0 Å². The normalized spacial score (nSPS) is 14.0. The van der Waals surface area contributed by atoms with Crippen molar-refractivity contribution in [1.82, 2.24) is 5.32 Å². The maximum Gasteiger partial charge on any atom is 0.472 e. The highest BCUT2D eigenvalue weighted by atomic mass is 31.2. The van der Waals surface area contributed by atoms with Crippen molar-refractivity contribution in [3.63, 3.8) is 0 Å². The first-order valence-electron chi connectivity index (χ1n) is 31.9. The molecule has 0 heterocycles. The summed E-state index contributed by atoms with van der Waals surface area (Å²) in [5.74, 6) is -0.182. The van der Waals surface area contributed by atoms with E-state index in [0.29, 0.717) is 17.4 Å². The van der Waals surface area contributed by atoms with E-state index in [4.69, 9.17) is 9.05 Å². The number of quaternary nitrogens is 1. The van der Waals surface area contributed by atoms with Crippen LogP contribution in [0.25, 0.3) is 0 Å². The largest absolute Gasteiger partial charge is 0.472 e. The molecule has 9 heteroatoms. The molecule has 0 fully saturated rings. The molecule has 0 bridgehead atoms. The zero-order chi connectivity index (χ0) is 53.5. The molecule has 0 spiro atoms. The highest BCUT2D eigenvalue weighted by molar-refractivity contribution is 7.47. The lowest BCUT2D eigenvalue weighted by Crippen LogP contribution is -2.45. The summed E-state index contributed by atoms with van der Waals surface area (Å²) in [5.41, 5.74) is 0. The van der Waals surface area contributed by atoms with Gasteiger partial charge in [0.1, 0.15) is 13.2 Å². The average Bonchev–Trinajstić information content (AvgIpc) is 3.35. The summed E-state index contributed by atoms with van der Waals surface area (Å²) in [6.07, 6.45) is 72.7. The first-order chi connectivity index (χ1) is 35.5. The van der Waals surface area contributed by atoms with Crippen molar-refractivity contribution in [2.75, 3.05) is 40.9 Å². The number of nitrogens with one attached hydrogen (secondary N) is 1. The van der Waals surface area contributed by atoms with Crippen LogP contribution in [0.1, 0.15) is 316 Å². The molecule has 3 unspecified atom stereocenters. The van der Waals surface area contributed by atoms with Crippen LogP contribution in [0, 0.1) is 0 Å². The highest BCUT2D eigenvalue weighted by Crippen LogP contribution is 2.43. The summed E-state index contributed by atoms with van der Waals surface area (Å²) in [7, 11) is 1.57. The minimum absolute atomic E-state index is 0.0574. The second-order valence-corrected chi connectivity index (χ2v) is 24.6. The molecule has 1 amide bonds. The quantitative estimate of drug-likeness (QED) is 0.0243. The number of amides is 1. The number of phosphoric ester groups is 1. The Hall–Kier alpha value is -1.28. The first kappa shape index (κ1) is 71.7. The number of carbonyl (C=O) groups is 1. The lowest BCUT2D eigenvalue weighted by atomic mass is 10.0. The number of allylic oxidation sites excluding steroid dienone is 5. The maximum absolute atomic E-state index is 13.0. The monoisotopic (exact) mass is 1050 g/mol. The topological polar surface area (TPSA) is 105 Å². The van der Waals surface area contributed by atoms with E-state index in [9.17, 15) is 19.4 Å². The Labute approximate surface area is 455 Å². The van der Waals surface area contributed by atoms with Crippen molar-refractivity contribution < 1.29 is 32.9 Å². The fourth-order valence-electron chi connectivity index (χ4n) is 9.59. The molecule has 0 aromatic rings. The molecule has 0 saturated carbocycles. The van der Waals surface area contributed by atoms with E-state index in [1.807, 2.05) is 27.2 Å². The van der Waals surface area contributed by atoms with Gasteiger partial charge in [0.2, 0.25) is 5.91 Å². The summed E-state index contributed by atoms with van der Waals surface area (Å²) in [5, 5.41) is 13.9. The van der Waals surface area contributed by atoms with Crippen LogP contribution in [-0.4, -0.2) is 73.4 Å². The summed E-state index contributed by atoms with van der Waals surface area (Å²) in [6, 6.07) is -0.863. The number of aliphatic hydroxyl groups is 1. The smallest absolute Gasteiger partial charge is 0.387 e. The molecule has 0 saturated heterocycles. The minimum atomic E-state index is -4.36. The van der Waals surface area contributed by atoms with Crippen molar-refractivity contribution in [3.05, 3.63) is 36.5 Å². The number of aliphatic hydroxyl groups excluding tert-OH is 1. The van der Waals surface area contributed by atoms with Gasteiger partial charge in [-0.05, 0) is 57.8 Å². The highest BCUT2D eigenvalue weighted by Gasteiger charge is 2.27. The summed E-state index contributed by atoms with van der Waals surface area (Å²) >= 11 is 0. The number of phosphoric acid groups is 1. The van der Waals surface area contributed by atoms with E-state index in [1.165, 1.54) is 257 Å². The van der Waals surface area contributed by atoms with E-state index in [2.05, 4.69) is 43.5 Å². The summed E-state index contributed by atoms with van der Waals surface area (Å²) in [6.45, 7) is 4.84. The third-order valence-electron chi connectivity index (χ3n) is 14.6. The number of hydrogen-bond acceptors (Lipinski definition) is 5. The van der Waals surface area contributed by atoms with Crippen molar-refractivity contribution >= 4 is 13.7 Å². The molecule has 3 N–H and O–H groups in total. The third kappa shape index (κ3) is 58.2. The van der Waals surface area contributed by atoms with E-state index in [1.54, 1.807) is 6.08 Å². The number of nitrogens with zero attached hydrogens (tertiary/aromatic N) is 1. The van der Waals surface area contributed by atoms with Crippen LogP contribution in [0.4, 0.5) is 0 Å². The Morgan fingerprint density at radius 3 is 1.10 bits per heavy atom. The fourth-order valence-corrected chi connectivity index (χ4v) is 10.3. The van der Waals surface area contributed by atoms with E-state index >= 15 is 0 Å². The Bertz CT molecular complexity index is 1280. The van der Waals surface area contributed by atoms with Gasteiger partial charge in [0.25, 0.3) is 0 Å². The SMILES string of the molecule is CCCCCCCCCCCCCC/C=C\CCCCCCCCCCCCCCCCC(=O)NC(COP(=O)(O)OCC[N+](C)(C)C)C(O)/C=C/CC/C=C/CCCCCCCCCCCCCCCCC. The lowest BCUT2D eigenvalue weighted by molar-refractivity contribution is -0.870. The van der Waals surface area contributed by atoms with Gasteiger partial charge in [-0.15, -0.1) is 0 Å². The van der Waals surface area contributed by atoms with Gasteiger partial charge in [-0.3, -0.25) is 13.8 Å². The predicted octanol–water partition coefficient (Wildman–Crippen LogP) is 19.7. The van der Waals surface area contributed by atoms with Crippen LogP contribution < -0.4 is 5.32 Å². The molecule has 0 aliphatic carbocycles. The van der Waals surface area contributed by atoms with E-state index in [-0.39, 0.29) is 19.1 Å². The zero-order valence-electron chi connectivity index (χ0n) is 49.4. The molecule has 432 valence electrons. The molecule has 0 rings (SSSR count). The summed E-state index contributed by atoms with van der Waals surface area (Å²) in [4.78, 5) is 23.3. The van der Waals surface area contributed by atoms with Crippen LogP contribution in [-0.2, 0) is 18.4 Å². The fraction of sp³-hybridized carbons (Fsp3) is 0.891. The van der Waals surface area contributed by atoms with Gasteiger partial charge < -0.3 is 19.8 Å². The van der Waals surface area contributed by atoms with Gasteiger partial charge in [0.05, 0.1) is 39.9 Å². The lowest BCUT2D eigenvalue weighted by Gasteiger charge is -2.25. The Balaban J connectivity index is 4.12. The number of rotatable bonds is 59. The van der Waals surface area contributed by atoms with Crippen LogP contribution >= 0.6 is 7.82 Å². The molecule has 73 heavy (non-hydrogen) atoms. The Morgan fingerprint density at radius 1 is 0.452 bits per heavy atom. The molecular weight excluding hydrogens is 924 g/mol. The van der Waals surface area contributed by atoms with Gasteiger partial charge in [0.15, 0.2) is 0 Å². The Kier molecular flexibility index (Phi) is 54.5. The molecule has 0 aromatic carbocycles. The molecule has 0 aliphatic heterocycles. The zero-order valence-corrected chi connectivity index (χ0v) is 50.3. The van der Waals surface area contributed by atoms with Gasteiger partial charge in [-0.2, -0.15) is 0 Å². The maximum atomic E-state index is 13.0. The number of unbranched alkanes of at least 4 members (excludes halogenated alkanes) is 42. The van der Waals surface area contributed by atoms with Crippen LogP contribution in [0.5, 0.6) is 0 Å². The Morgan fingerprint density at radius 2 is 0.753 bits per heavy atom. The summed E-state index contributed by atoms with van der Waals surface area (Å²) < 4.78 is 23.7. The minimum Gasteiger partial charge on any atom is -0.387 e. The average molecular weight is 1050 g/mol. The predicted molar refractivity (Wildman–Crippen MR) is 318 cm³/mol. The number of carbonyl (C=O) groups excluding carboxylic acids is 1. The van der Waals surface area contributed by atoms with Crippen molar-refractivity contribution in [2.45, 2.75) is 328 Å². The molecule has 0 aromatic heterocycles. The molecule has 0 radical (unpaired) electrons. The molecule has 0 aliphatic rings. The second-order valence-electron chi connectivity index (χ2n) is 23.1. The van der Waals surface area contributed by atoms with Crippen LogP contribution in [0.15, 0.2) is 36.5 Å². The van der Waals surface area contributed by atoms with Crippen molar-refractivity contribution in [3.8, 4) is 0 Å². The van der Waals surface area contributed by atoms with Gasteiger partial charge in [0, 0.05) is 6.42 Å². The van der Waals surface area contributed by atoms with Crippen LogP contribution in [0.3, 0.4) is 0 Å². The van der Waals surface area contributed by atoms with Gasteiger partial charge >= 0.3 is 7.82 Å².